The summed E-state index contributed by atoms with van der Waals surface area (Å²) in [6.07, 6.45) is 1.79. The number of pyridine rings is 1. The Bertz CT molecular complexity index is 579. The number of nitrogens with one attached hydrogen (secondary N) is 1. The van der Waals surface area contributed by atoms with Crippen molar-refractivity contribution < 1.29 is 4.74 Å². The molecule has 0 amide bonds. The molecule has 21 heavy (non-hydrogen) atoms. The fourth-order valence-electron chi connectivity index (χ4n) is 2.00. The molecule has 0 aliphatic carbocycles. The van der Waals surface area contributed by atoms with Gasteiger partial charge in [0.05, 0.1) is 5.69 Å². The summed E-state index contributed by atoms with van der Waals surface area (Å²) >= 11 is 0. The van der Waals surface area contributed by atoms with Gasteiger partial charge in [-0.2, -0.15) is 0 Å². The maximum atomic E-state index is 5.95. The molecule has 112 valence electrons. The Labute approximate surface area is 127 Å². The second-order valence-electron chi connectivity index (χ2n) is 5.85. The summed E-state index contributed by atoms with van der Waals surface area (Å²) in [6, 6.07) is 12.6. The smallest absolute Gasteiger partial charge is 0.130 e. The lowest BCUT2D eigenvalue weighted by Gasteiger charge is -2.11. The third-order valence-electron chi connectivity index (χ3n) is 3.24. The summed E-state index contributed by atoms with van der Waals surface area (Å²) in [5, 5.41) is 3.36. The van der Waals surface area contributed by atoms with Gasteiger partial charge in [0, 0.05) is 24.8 Å². The van der Waals surface area contributed by atoms with Crippen molar-refractivity contribution in [1.82, 2.24) is 10.3 Å². The van der Waals surface area contributed by atoms with Crippen LogP contribution in [0, 0.1) is 0 Å². The molecule has 0 saturated heterocycles. The first-order valence-electron chi connectivity index (χ1n) is 7.50. The minimum absolute atomic E-state index is 0.444. The number of nitrogens with zero attached hydrogens (tertiary/aromatic N) is 1. The van der Waals surface area contributed by atoms with E-state index in [2.05, 4.69) is 50.1 Å². The van der Waals surface area contributed by atoms with Crippen molar-refractivity contribution in [2.75, 3.05) is 0 Å². The van der Waals surface area contributed by atoms with E-state index in [0.29, 0.717) is 12.0 Å². The highest BCUT2D eigenvalue weighted by Crippen LogP contribution is 2.25. The SMILES string of the molecule is CC(C)NCc1cc(Oc2cccc(C(C)C)c2)ccn1. The quantitative estimate of drug-likeness (QED) is 0.848. The molecule has 1 aromatic heterocycles. The van der Waals surface area contributed by atoms with E-state index >= 15 is 0 Å². The van der Waals surface area contributed by atoms with Crippen LogP contribution in [-0.2, 0) is 6.54 Å². The van der Waals surface area contributed by atoms with Gasteiger partial charge in [0.1, 0.15) is 11.5 Å². The average molecular weight is 284 g/mol. The van der Waals surface area contributed by atoms with E-state index in [-0.39, 0.29) is 0 Å². The number of rotatable bonds is 6. The highest BCUT2D eigenvalue weighted by Gasteiger charge is 2.04. The Morgan fingerprint density at radius 1 is 1.05 bits per heavy atom. The van der Waals surface area contributed by atoms with E-state index in [1.165, 1.54) is 5.56 Å². The first-order valence-corrected chi connectivity index (χ1v) is 7.50. The molecule has 1 aromatic carbocycles. The zero-order chi connectivity index (χ0) is 15.2. The molecule has 2 aromatic rings. The predicted molar refractivity (Wildman–Crippen MR) is 86.8 cm³/mol. The van der Waals surface area contributed by atoms with Crippen molar-refractivity contribution >= 4 is 0 Å². The topological polar surface area (TPSA) is 34.1 Å². The fourth-order valence-corrected chi connectivity index (χ4v) is 2.00. The highest BCUT2D eigenvalue weighted by atomic mass is 16.5. The lowest BCUT2D eigenvalue weighted by atomic mass is 10.0. The van der Waals surface area contributed by atoms with Gasteiger partial charge in [-0.15, -0.1) is 0 Å². The third kappa shape index (κ3) is 4.87. The Morgan fingerprint density at radius 2 is 1.81 bits per heavy atom. The van der Waals surface area contributed by atoms with E-state index < -0.39 is 0 Å². The Hall–Kier alpha value is -1.87. The van der Waals surface area contributed by atoms with Crippen LogP contribution in [0.15, 0.2) is 42.6 Å². The fraction of sp³-hybridized carbons (Fsp3) is 0.389. The minimum Gasteiger partial charge on any atom is -0.457 e. The number of ether oxygens (including phenoxy) is 1. The third-order valence-corrected chi connectivity index (χ3v) is 3.24. The molecule has 3 nitrogen and oxygen atoms in total. The molecule has 1 N–H and O–H groups in total. The van der Waals surface area contributed by atoms with Crippen molar-refractivity contribution in [1.29, 1.82) is 0 Å². The van der Waals surface area contributed by atoms with Crippen LogP contribution in [0.25, 0.3) is 0 Å². The number of aromatic nitrogens is 1. The summed E-state index contributed by atoms with van der Waals surface area (Å²) in [7, 11) is 0. The molecular weight excluding hydrogens is 260 g/mol. The van der Waals surface area contributed by atoms with Crippen LogP contribution < -0.4 is 10.1 Å². The largest absolute Gasteiger partial charge is 0.457 e. The van der Waals surface area contributed by atoms with Crippen molar-refractivity contribution in [2.45, 2.75) is 46.2 Å². The van der Waals surface area contributed by atoms with Crippen molar-refractivity contribution in [3.8, 4) is 11.5 Å². The van der Waals surface area contributed by atoms with Gasteiger partial charge in [-0.05, 0) is 29.7 Å². The Morgan fingerprint density at radius 3 is 2.52 bits per heavy atom. The molecule has 3 heteroatoms. The van der Waals surface area contributed by atoms with Crippen LogP contribution in [0.4, 0.5) is 0 Å². The van der Waals surface area contributed by atoms with E-state index in [0.717, 1.165) is 23.7 Å². The van der Waals surface area contributed by atoms with Gasteiger partial charge in [-0.25, -0.2) is 0 Å². The molecule has 0 bridgehead atoms. The first kappa shape index (κ1) is 15.5. The predicted octanol–water partition coefficient (Wildman–Crippen LogP) is 4.50. The molecule has 1 heterocycles. The van der Waals surface area contributed by atoms with Crippen LogP contribution in [0.2, 0.25) is 0 Å². The monoisotopic (exact) mass is 284 g/mol. The Balaban J connectivity index is 2.09. The standard InChI is InChI=1S/C18H24N2O/c1-13(2)15-6-5-7-17(10-15)21-18-8-9-19-16(11-18)12-20-14(3)4/h5-11,13-14,20H,12H2,1-4H3. The van der Waals surface area contributed by atoms with E-state index in [4.69, 9.17) is 4.74 Å². The van der Waals surface area contributed by atoms with Gasteiger partial charge in [0.15, 0.2) is 0 Å². The molecule has 0 unspecified atom stereocenters. The maximum Gasteiger partial charge on any atom is 0.130 e. The zero-order valence-electron chi connectivity index (χ0n) is 13.3. The number of hydrogen-bond donors (Lipinski definition) is 1. The summed E-state index contributed by atoms with van der Waals surface area (Å²) in [5.41, 5.74) is 2.27. The average Bonchev–Trinajstić information content (AvgIpc) is 2.46. The molecule has 0 saturated carbocycles. The second-order valence-corrected chi connectivity index (χ2v) is 5.85. The first-order chi connectivity index (χ1) is 10.0. The van der Waals surface area contributed by atoms with Gasteiger partial charge >= 0.3 is 0 Å². The molecule has 0 radical (unpaired) electrons. The minimum atomic E-state index is 0.444. The van der Waals surface area contributed by atoms with Gasteiger partial charge in [0.25, 0.3) is 0 Å². The highest BCUT2D eigenvalue weighted by molar-refractivity contribution is 5.35. The van der Waals surface area contributed by atoms with Crippen LogP contribution >= 0.6 is 0 Å². The Kier molecular flexibility index (Phi) is 5.34. The molecule has 2 rings (SSSR count). The lowest BCUT2D eigenvalue weighted by molar-refractivity contribution is 0.478. The summed E-state index contributed by atoms with van der Waals surface area (Å²) in [5.74, 6) is 2.19. The maximum absolute atomic E-state index is 5.95. The number of hydrogen-bond acceptors (Lipinski definition) is 3. The normalized spacial score (nSPS) is 11.1. The van der Waals surface area contributed by atoms with Crippen LogP contribution in [0.5, 0.6) is 11.5 Å². The molecule has 0 aliphatic heterocycles. The van der Waals surface area contributed by atoms with E-state index in [9.17, 15) is 0 Å². The van der Waals surface area contributed by atoms with E-state index in [1.54, 1.807) is 6.20 Å². The van der Waals surface area contributed by atoms with Crippen molar-refractivity contribution in [3.63, 3.8) is 0 Å². The molecule has 0 atom stereocenters. The number of benzene rings is 1. The summed E-state index contributed by atoms with van der Waals surface area (Å²) in [6.45, 7) is 9.36. The van der Waals surface area contributed by atoms with Gasteiger partial charge in [0.2, 0.25) is 0 Å². The van der Waals surface area contributed by atoms with Gasteiger partial charge in [-0.3, -0.25) is 4.98 Å². The van der Waals surface area contributed by atoms with E-state index in [1.807, 2.05) is 24.3 Å². The van der Waals surface area contributed by atoms with Gasteiger partial charge < -0.3 is 10.1 Å². The van der Waals surface area contributed by atoms with Gasteiger partial charge in [-0.1, -0.05) is 39.8 Å². The second kappa shape index (κ2) is 7.23. The van der Waals surface area contributed by atoms with Crippen molar-refractivity contribution in [3.05, 3.63) is 53.9 Å². The van der Waals surface area contributed by atoms with Crippen molar-refractivity contribution in [2.24, 2.45) is 0 Å². The summed E-state index contributed by atoms with van der Waals surface area (Å²) < 4.78 is 5.95. The summed E-state index contributed by atoms with van der Waals surface area (Å²) in [4.78, 5) is 4.36. The molecular formula is C18H24N2O. The molecule has 0 spiro atoms. The molecule has 0 aliphatic rings. The van der Waals surface area contributed by atoms with Crippen LogP contribution in [0.1, 0.15) is 44.9 Å². The van der Waals surface area contributed by atoms with Crippen LogP contribution in [-0.4, -0.2) is 11.0 Å². The lowest BCUT2D eigenvalue weighted by Crippen LogP contribution is -2.22. The molecule has 0 fully saturated rings. The van der Waals surface area contributed by atoms with Crippen LogP contribution in [0.3, 0.4) is 0 Å². The zero-order valence-corrected chi connectivity index (χ0v) is 13.3.